The van der Waals surface area contributed by atoms with E-state index in [4.69, 9.17) is 0 Å². The largest absolute Gasteiger partial charge is 0.357 e. The van der Waals surface area contributed by atoms with Crippen LogP contribution in [-0.4, -0.2) is 28.6 Å². The number of nitrogens with one attached hydrogen (secondary N) is 2. The van der Waals surface area contributed by atoms with Crippen molar-refractivity contribution in [3.05, 3.63) is 40.1 Å². The van der Waals surface area contributed by atoms with Crippen LogP contribution in [0.15, 0.2) is 29.6 Å². The van der Waals surface area contributed by atoms with Gasteiger partial charge < -0.3 is 15.2 Å². The van der Waals surface area contributed by atoms with Crippen LogP contribution < -0.4 is 10.6 Å². The summed E-state index contributed by atoms with van der Waals surface area (Å²) < 4.78 is 2.04. The molecule has 2 aromatic heterocycles. The molecule has 0 aliphatic carbocycles. The van der Waals surface area contributed by atoms with Crippen LogP contribution >= 0.6 is 11.3 Å². The van der Waals surface area contributed by atoms with Gasteiger partial charge in [-0.15, -0.1) is 11.3 Å². The smallest absolute Gasteiger partial charge is 0.191 e. The fraction of sp³-hybridized carbons (Fsp3) is 0.467. The number of nitrogens with zero attached hydrogens (tertiary/aromatic N) is 3. The number of thiazole rings is 1. The van der Waals surface area contributed by atoms with Crippen molar-refractivity contribution in [2.75, 3.05) is 13.1 Å². The van der Waals surface area contributed by atoms with Gasteiger partial charge in [-0.2, -0.15) is 0 Å². The first-order valence-electron chi connectivity index (χ1n) is 7.21. The number of aliphatic imine (C=N–C) groups is 1. The van der Waals surface area contributed by atoms with Crippen molar-refractivity contribution in [3.63, 3.8) is 0 Å². The van der Waals surface area contributed by atoms with E-state index < -0.39 is 0 Å². The zero-order chi connectivity index (χ0) is 15.1. The molecular weight excluding hydrogens is 282 g/mol. The summed E-state index contributed by atoms with van der Waals surface area (Å²) in [6.45, 7) is 6.54. The molecule has 0 radical (unpaired) electrons. The summed E-state index contributed by atoms with van der Waals surface area (Å²) >= 11 is 1.75. The Hall–Kier alpha value is -1.82. The van der Waals surface area contributed by atoms with Crippen LogP contribution in [0.5, 0.6) is 0 Å². The first kappa shape index (κ1) is 15.6. The monoisotopic (exact) mass is 305 g/mol. The van der Waals surface area contributed by atoms with Crippen molar-refractivity contribution in [2.24, 2.45) is 12.0 Å². The highest BCUT2D eigenvalue weighted by molar-refractivity contribution is 7.11. The molecule has 0 aliphatic rings. The van der Waals surface area contributed by atoms with Gasteiger partial charge in [0.25, 0.3) is 0 Å². The Morgan fingerprint density at radius 1 is 1.43 bits per heavy atom. The highest BCUT2D eigenvalue weighted by Gasteiger charge is 2.01. The molecule has 0 bridgehead atoms. The summed E-state index contributed by atoms with van der Waals surface area (Å²) in [5.41, 5.74) is 1.21. The Balaban J connectivity index is 1.83. The fourth-order valence-electron chi connectivity index (χ4n) is 1.97. The van der Waals surface area contributed by atoms with Gasteiger partial charge in [0, 0.05) is 50.0 Å². The molecule has 2 N–H and O–H groups in total. The van der Waals surface area contributed by atoms with Gasteiger partial charge in [-0.3, -0.25) is 0 Å². The lowest BCUT2D eigenvalue weighted by Crippen LogP contribution is -2.38. The molecule has 2 heterocycles. The number of hydrogen-bond acceptors (Lipinski definition) is 3. The number of aryl methyl sites for hydroxylation is 2. The van der Waals surface area contributed by atoms with Crippen LogP contribution in [0.4, 0.5) is 0 Å². The summed E-state index contributed by atoms with van der Waals surface area (Å²) in [5.74, 6) is 0.856. The summed E-state index contributed by atoms with van der Waals surface area (Å²) in [7, 11) is 2.02. The second-order valence-corrected chi connectivity index (χ2v) is 6.24. The molecule has 0 saturated carbocycles. The Labute approximate surface area is 130 Å². The molecule has 2 rings (SSSR count). The average molecular weight is 305 g/mol. The van der Waals surface area contributed by atoms with Gasteiger partial charge in [0.15, 0.2) is 5.96 Å². The Morgan fingerprint density at radius 2 is 2.29 bits per heavy atom. The standard InChI is InChI=1S/C15H23N5S/c1-4-16-15(19-10-13-6-8-20(3)11-13)17-7-5-14-18-9-12(2)21-14/h6,8-9,11H,4-5,7,10H2,1-3H3,(H2,16,17,19). The molecule has 0 fully saturated rings. The lowest BCUT2D eigenvalue weighted by molar-refractivity contribution is 0.796. The quantitative estimate of drug-likeness (QED) is 0.635. The van der Waals surface area contributed by atoms with Crippen LogP contribution in [0.25, 0.3) is 0 Å². The minimum Gasteiger partial charge on any atom is -0.357 e. The van der Waals surface area contributed by atoms with Gasteiger partial charge in [-0.05, 0) is 25.5 Å². The van der Waals surface area contributed by atoms with Crippen molar-refractivity contribution < 1.29 is 0 Å². The third-order valence-electron chi connectivity index (χ3n) is 2.96. The van der Waals surface area contributed by atoms with Gasteiger partial charge >= 0.3 is 0 Å². The summed E-state index contributed by atoms with van der Waals surface area (Å²) in [6.07, 6.45) is 6.98. The highest BCUT2D eigenvalue weighted by atomic mass is 32.1. The average Bonchev–Trinajstić information content (AvgIpc) is 3.05. The van der Waals surface area contributed by atoms with Gasteiger partial charge in [0.2, 0.25) is 0 Å². The molecule has 0 saturated heterocycles. The molecule has 0 amide bonds. The zero-order valence-corrected chi connectivity index (χ0v) is 13.7. The lowest BCUT2D eigenvalue weighted by atomic mass is 10.3. The highest BCUT2D eigenvalue weighted by Crippen LogP contribution is 2.10. The van der Waals surface area contributed by atoms with E-state index in [-0.39, 0.29) is 0 Å². The summed E-state index contributed by atoms with van der Waals surface area (Å²) in [5, 5.41) is 7.79. The third-order valence-corrected chi connectivity index (χ3v) is 3.93. The van der Waals surface area contributed by atoms with E-state index in [0.717, 1.165) is 25.5 Å². The fourth-order valence-corrected chi connectivity index (χ4v) is 2.76. The van der Waals surface area contributed by atoms with E-state index in [9.17, 15) is 0 Å². The molecular formula is C15H23N5S. The maximum absolute atomic E-state index is 4.60. The Bertz CT molecular complexity index is 584. The molecule has 2 aromatic rings. The van der Waals surface area contributed by atoms with E-state index in [1.165, 1.54) is 15.4 Å². The van der Waals surface area contributed by atoms with E-state index in [1.54, 1.807) is 11.3 Å². The maximum atomic E-state index is 4.60. The second-order valence-electron chi connectivity index (χ2n) is 4.92. The van der Waals surface area contributed by atoms with Gasteiger partial charge in [0.05, 0.1) is 11.6 Å². The Morgan fingerprint density at radius 3 is 2.90 bits per heavy atom. The van der Waals surface area contributed by atoms with E-state index in [0.29, 0.717) is 6.54 Å². The van der Waals surface area contributed by atoms with Crippen molar-refractivity contribution in [3.8, 4) is 0 Å². The molecule has 6 heteroatoms. The molecule has 0 unspecified atom stereocenters. The van der Waals surface area contributed by atoms with E-state index >= 15 is 0 Å². The minimum absolute atomic E-state index is 0.687. The second kappa shape index (κ2) is 7.83. The minimum atomic E-state index is 0.687. The topological polar surface area (TPSA) is 54.2 Å². The van der Waals surface area contributed by atoms with Crippen LogP contribution in [0.1, 0.15) is 22.4 Å². The maximum Gasteiger partial charge on any atom is 0.191 e. The van der Waals surface area contributed by atoms with Crippen LogP contribution in [0.3, 0.4) is 0 Å². The molecule has 0 atom stereocenters. The molecule has 0 spiro atoms. The van der Waals surface area contributed by atoms with Crippen molar-refractivity contribution >= 4 is 17.3 Å². The summed E-state index contributed by atoms with van der Waals surface area (Å²) in [4.78, 5) is 10.2. The number of hydrogen-bond donors (Lipinski definition) is 2. The number of aromatic nitrogens is 2. The van der Waals surface area contributed by atoms with Crippen LogP contribution in [-0.2, 0) is 20.0 Å². The first-order chi connectivity index (χ1) is 10.2. The SMILES string of the molecule is CCNC(=NCc1ccn(C)c1)NCCc1ncc(C)s1. The zero-order valence-electron chi connectivity index (χ0n) is 12.9. The van der Waals surface area contributed by atoms with E-state index in [2.05, 4.69) is 46.7 Å². The normalized spacial score (nSPS) is 11.7. The predicted octanol–water partition coefficient (Wildman–Crippen LogP) is 2.09. The van der Waals surface area contributed by atoms with Gasteiger partial charge in [0.1, 0.15) is 0 Å². The van der Waals surface area contributed by atoms with E-state index in [1.807, 2.05) is 24.0 Å². The van der Waals surface area contributed by atoms with Crippen molar-refractivity contribution in [2.45, 2.75) is 26.8 Å². The van der Waals surface area contributed by atoms with Crippen molar-refractivity contribution in [1.82, 2.24) is 20.2 Å². The molecule has 21 heavy (non-hydrogen) atoms. The van der Waals surface area contributed by atoms with Crippen LogP contribution in [0, 0.1) is 6.92 Å². The first-order valence-corrected chi connectivity index (χ1v) is 8.03. The Kier molecular flexibility index (Phi) is 5.80. The molecule has 0 aliphatic heterocycles. The molecule has 114 valence electrons. The molecule has 5 nitrogen and oxygen atoms in total. The van der Waals surface area contributed by atoms with Gasteiger partial charge in [-0.25, -0.2) is 9.98 Å². The lowest BCUT2D eigenvalue weighted by Gasteiger charge is -2.10. The van der Waals surface area contributed by atoms with Crippen LogP contribution in [0.2, 0.25) is 0 Å². The number of rotatable bonds is 6. The summed E-state index contributed by atoms with van der Waals surface area (Å²) in [6, 6.07) is 2.09. The van der Waals surface area contributed by atoms with Crippen molar-refractivity contribution in [1.29, 1.82) is 0 Å². The predicted molar refractivity (Wildman–Crippen MR) is 88.8 cm³/mol. The number of guanidine groups is 1. The van der Waals surface area contributed by atoms with Gasteiger partial charge in [-0.1, -0.05) is 0 Å². The molecule has 0 aromatic carbocycles. The third kappa shape index (κ3) is 5.23.